The normalized spacial score (nSPS) is 10.4. The summed E-state index contributed by atoms with van der Waals surface area (Å²) < 4.78 is 19.6. The van der Waals surface area contributed by atoms with Gasteiger partial charge in [0.2, 0.25) is 0 Å². The van der Waals surface area contributed by atoms with E-state index in [2.05, 4.69) is 0 Å². The van der Waals surface area contributed by atoms with Crippen molar-refractivity contribution >= 4 is 35.3 Å². The monoisotopic (exact) mass is 646 g/mol. The molecule has 0 aromatic heterocycles. The predicted octanol–water partition coefficient (Wildman–Crippen LogP) is 5.32. The number of nitrogens with zero attached hydrogens (tertiary/aromatic N) is 2. The Hall–Kier alpha value is -4.88. The predicted molar refractivity (Wildman–Crippen MR) is 166 cm³/mol. The maximum absolute atomic E-state index is 11.8. The molecule has 0 aliphatic heterocycles. The molecule has 0 unspecified atom stereocenters. The van der Waals surface area contributed by atoms with Crippen LogP contribution in [0, 0.1) is 32.1 Å². The minimum Gasteiger partial charge on any atom is -0.465 e. The van der Waals surface area contributed by atoms with Crippen LogP contribution in [-0.2, 0) is 51.0 Å². The van der Waals surface area contributed by atoms with Gasteiger partial charge >= 0.3 is 23.9 Å². The number of carbonyl (C=O) groups is 4. The first kappa shape index (κ1) is 39.1. The summed E-state index contributed by atoms with van der Waals surface area (Å²) in [5.74, 6) is -4.45. The number of hydrogen-bond donors (Lipinski definition) is 0. The zero-order valence-corrected chi connectivity index (χ0v) is 26.6. The summed E-state index contributed by atoms with van der Waals surface area (Å²) >= 11 is 0. The maximum Gasteiger partial charge on any atom is 0.320 e. The first-order valence-corrected chi connectivity index (χ1v) is 15.1. The molecule has 0 heterocycles. The SMILES string of the molecule is CCOC(=O)C(CCCc1ccccc1[N+](=O)[O-])C(=O)OCC.CCOC(=O)C(CCCc1ccccc1[N+](=O)[O-])C(=O)OCC. The van der Waals surface area contributed by atoms with E-state index in [1.807, 2.05) is 0 Å². The van der Waals surface area contributed by atoms with Crippen molar-refractivity contribution < 1.29 is 48.0 Å². The van der Waals surface area contributed by atoms with E-state index < -0.39 is 45.6 Å². The topological polar surface area (TPSA) is 191 Å². The van der Waals surface area contributed by atoms with Crippen LogP contribution in [0.4, 0.5) is 11.4 Å². The lowest BCUT2D eigenvalue weighted by Gasteiger charge is -2.14. The van der Waals surface area contributed by atoms with Crippen molar-refractivity contribution in [3.63, 3.8) is 0 Å². The van der Waals surface area contributed by atoms with Crippen molar-refractivity contribution in [2.45, 2.75) is 66.2 Å². The Morgan fingerprint density at radius 3 is 1.11 bits per heavy atom. The van der Waals surface area contributed by atoms with E-state index >= 15 is 0 Å². The number of rotatable bonds is 18. The summed E-state index contributed by atoms with van der Waals surface area (Å²) in [4.78, 5) is 68.4. The summed E-state index contributed by atoms with van der Waals surface area (Å²) in [5.41, 5.74) is 1.22. The van der Waals surface area contributed by atoms with Gasteiger partial charge in [0.25, 0.3) is 11.4 Å². The third-order valence-corrected chi connectivity index (χ3v) is 6.54. The van der Waals surface area contributed by atoms with E-state index in [9.17, 15) is 39.4 Å². The highest BCUT2D eigenvalue weighted by Gasteiger charge is 2.30. The molecule has 0 spiro atoms. The van der Waals surface area contributed by atoms with Crippen LogP contribution in [0.2, 0.25) is 0 Å². The van der Waals surface area contributed by atoms with Gasteiger partial charge < -0.3 is 18.9 Å². The molecule has 0 bridgehead atoms. The second-order valence-electron chi connectivity index (χ2n) is 9.67. The number of aryl methyl sites for hydroxylation is 2. The molecule has 14 heteroatoms. The summed E-state index contributed by atoms with van der Waals surface area (Å²) in [7, 11) is 0. The number of hydrogen-bond acceptors (Lipinski definition) is 12. The second-order valence-corrected chi connectivity index (χ2v) is 9.67. The largest absolute Gasteiger partial charge is 0.465 e. The van der Waals surface area contributed by atoms with E-state index in [-0.39, 0.29) is 50.6 Å². The zero-order valence-electron chi connectivity index (χ0n) is 26.6. The van der Waals surface area contributed by atoms with Crippen LogP contribution >= 0.6 is 0 Å². The number of nitro benzene ring substituents is 2. The highest BCUT2D eigenvalue weighted by atomic mass is 16.6. The average Bonchev–Trinajstić information content (AvgIpc) is 3.02. The summed E-state index contributed by atoms with van der Waals surface area (Å²) in [6.07, 6.45) is 2.12. The van der Waals surface area contributed by atoms with Crippen molar-refractivity contribution in [1.29, 1.82) is 0 Å². The van der Waals surface area contributed by atoms with E-state index in [0.29, 0.717) is 36.8 Å². The molecule has 46 heavy (non-hydrogen) atoms. The first-order valence-electron chi connectivity index (χ1n) is 15.1. The molecule has 2 rings (SSSR count). The quantitative estimate of drug-likeness (QED) is 0.0667. The Balaban J connectivity index is 0.000000460. The number of esters is 4. The molecule has 0 aliphatic carbocycles. The Labute approximate surface area is 267 Å². The Bertz CT molecular complexity index is 1180. The smallest absolute Gasteiger partial charge is 0.320 e. The standard InChI is InChI=1S/2C16H21NO6/c2*1-3-22-15(18)13(16(19)23-4-2)10-7-9-12-8-5-6-11-14(12)17(20)21/h2*5-6,8,11,13H,3-4,7,9-10H2,1-2H3. The minimum absolute atomic E-state index is 0.0383. The zero-order chi connectivity index (χ0) is 34.5. The van der Waals surface area contributed by atoms with Gasteiger partial charge in [-0.15, -0.1) is 0 Å². The van der Waals surface area contributed by atoms with Gasteiger partial charge in [0.05, 0.1) is 36.3 Å². The highest BCUT2D eigenvalue weighted by Crippen LogP contribution is 2.23. The van der Waals surface area contributed by atoms with Crippen molar-refractivity contribution in [2.75, 3.05) is 26.4 Å². The molecule has 0 N–H and O–H groups in total. The van der Waals surface area contributed by atoms with Gasteiger partial charge in [-0.25, -0.2) is 0 Å². The lowest BCUT2D eigenvalue weighted by Crippen LogP contribution is -2.28. The minimum atomic E-state index is -0.988. The molecule has 0 amide bonds. The number of benzene rings is 2. The van der Waals surface area contributed by atoms with Crippen LogP contribution in [0.3, 0.4) is 0 Å². The van der Waals surface area contributed by atoms with Gasteiger partial charge in [0.1, 0.15) is 0 Å². The van der Waals surface area contributed by atoms with E-state index in [1.54, 1.807) is 64.1 Å². The van der Waals surface area contributed by atoms with Gasteiger partial charge in [-0.2, -0.15) is 0 Å². The fraction of sp³-hybridized carbons (Fsp3) is 0.500. The molecule has 2 aromatic rings. The van der Waals surface area contributed by atoms with E-state index in [0.717, 1.165) is 0 Å². The van der Waals surface area contributed by atoms with Gasteiger partial charge in [-0.1, -0.05) is 36.4 Å². The fourth-order valence-corrected chi connectivity index (χ4v) is 4.43. The van der Waals surface area contributed by atoms with Crippen LogP contribution in [0.15, 0.2) is 48.5 Å². The fourth-order valence-electron chi connectivity index (χ4n) is 4.43. The van der Waals surface area contributed by atoms with Gasteiger partial charge in [-0.3, -0.25) is 39.4 Å². The Morgan fingerprint density at radius 2 is 0.848 bits per heavy atom. The van der Waals surface area contributed by atoms with Gasteiger partial charge in [0, 0.05) is 23.3 Å². The van der Waals surface area contributed by atoms with Crippen molar-refractivity contribution in [2.24, 2.45) is 11.8 Å². The van der Waals surface area contributed by atoms with Crippen LogP contribution < -0.4 is 0 Å². The summed E-state index contributed by atoms with van der Waals surface area (Å²) in [6, 6.07) is 12.8. The van der Waals surface area contributed by atoms with Gasteiger partial charge in [-0.05, 0) is 66.2 Å². The first-order chi connectivity index (χ1) is 22.0. The van der Waals surface area contributed by atoms with Gasteiger partial charge in [0.15, 0.2) is 11.8 Å². The molecule has 14 nitrogen and oxygen atoms in total. The van der Waals surface area contributed by atoms with Crippen LogP contribution in [0.5, 0.6) is 0 Å². The van der Waals surface area contributed by atoms with E-state index in [1.165, 1.54) is 12.1 Å². The molecule has 0 saturated heterocycles. The lowest BCUT2D eigenvalue weighted by molar-refractivity contribution is -0.385. The Morgan fingerprint density at radius 1 is 0.565 bits per heavy atom. The van der Waals surface area contributed by atoms with Crippen molar-refractivity contribution in [1.82, 2.24) is 0 Å². The molecule has 0 atom stereocenters. The summed E-state index contributed by atoms with van der Waals surface area (Å²) in [5, 5.41) is 21.9. The molecule has 0 aliphatic rings. The van der Waals surface area contributed by atoms with Crippen molar-refractivity contribution in [3.05, 3.63) is 79.9 Å². The number of ether oxygens (including phenoxy) is 4. The summed E-state index contributed by atoms with van der Waals surface area (Å²) in [6.45, 7) is 7.36. The second kappa shape index (κ2) is 21.8. The third-order valence-electron chi connectivity index (χ3n) is 6.54. The molecule has 0 radical (unpaired) electrons. The molecular formula is C32H42N2O12. The maximum atomic E-state index is 11.8. The van der Waals surface area contributed by atoms with Crippen LogP contribution in [0.1, 0.15) is 64.5 Å². The molecule has 0 fully saturated rings. The molecular weight excluding hydrogens is 604 g/mol. The average molecular weight is 647 g/mol. The number of nitro groups is 2. The van der Waals surface area contributed by atoms with Crippen molar-refractivity contribution in [3.8, 4) is 0 Å². The van der Waals surface area contributed by atoms with Crippen LogP contribution in [0.25, 0.3) is 0 Å². The molecule has 2 aromatic carbocycles. The third kappa shape index (κ3) is 13.4. The molecule has 0 saturated carbocycles. The highest BCUT2D eigenvalue weighted by molar-refractivity contribution is 5.95. The number of carbonyl (C=O) groups excluding carboxylic acids is 4. The number of para-hydroxylation sites is 2. The lowest BCUT2D eigenvalue weighted by atomic mass is 9.99. The molecule has 252 valence electrons. The van der Waals surface area contributed by atoms with Crippen LogP contribution in [-0.4, -0.2) is 60.2 Å². The Kier molecular flexibility index (Phi) is 18.5. The van der Waals surface area contributed by atoms with E-state index in [4.69, 9.17) is 18.9 Å².